The molecule has 0 unspecified atom stereocenters. The summed E-state index contributed by atoms with van der Waals surface area (Å²) in [7, 11) is -0.892. The van der Waals surface area contributed by atoms with Crippen LogP contribution in [0, 0.1) is 0 Å². The monoisotopic (exact) mass is 686 g/mol. The van der Waals surface area contributed by atoms with Gasteiger partial charge in [0.15, 0.2) is 0 Å². The van der Waals surface area contributed by atoms with Crippen LogP contribution in [0.2, 0.25) is 0 Å². The summed E-state index contributed by atoms with van der Waals surface area (Å²) >= 11 is 0. The zero-order valence-corrected chi connectivity index (χ0v) is 26.7. The fraction of sp³-hybridized carbons (Fsp3) is 0. The van der Waals surface area contributed by atoms with Crippen LogP contribution < -0.4 is 31.8 Å². The second-order valence-electron chi connectivity index (χ2n) is 8.68. The number of hydrogen-bond acceptors (Lipinski definition) is 2. The molecule has 0 N–H and O–H groups in total. The van der Waals surface area contributed by atoms with Crippen molar-refractivity contribution in [2.45, 2.75) is 0 Å². The minimum absolute atomic E-state index is 0. The first kappa shape index (κ1) is 35.4. The molecule has 2 nitrogen and oxygen atoms in total. The van der Waals surface area contributed by atoms with E-state index in [-0.39, 0.29) is 20.4 Å². The van der Waals surface area contributed by atoms with Crippen LogP contribution in [0.3, 0.4) is 0 Å². The van der Waals surface area contributed by atoms with Crippen LogP contribution in [0.15, 0.2) is 182 Å². The Morgan fingerprint density at radius 1 is 0.256 bits per heavy atom. The van der Waals surface area contributed by atoms with Crippen molar-refractivity contribution in [3.8, 4) is 0 Å². The summed E-state index contributed by atoms with van der Waals surface area (Å²) in [5.74, 6) is 0. The molecule has 0 amide bonds. The zero-order valence-electron chi connectivity index (χ0n) is 23.3. The number of carbonyl (C=O) groups excluding carboxylic acids is 2. The van der Waals surface area contributed by atoms with Gasteiger partial charge in [0, 0.05) is 20.4 Å². The normalized spacial score (nSPS) is 9.53. The molecule has 4 radical (unpaired) electrons. The van der Waals surface area contributed by atoms with Crippen molar-refractivity contribution in [1.29, 1.82) is 0 Å². The van der Waals surface area contributed by atoms with Crippen LogP contribution in [0.5, 0.6) is 0 Å². The summed E-state index contributed by atoms with van der Waals surface area (Å²) in [5, 5.41) is 8.39. The summed E-state index contributed by atoms with van der Waals surface area (Å²) < 4.78 is 0. The Hall–Kier alpha value is -3.82. The van der Waals surface area contributed by atoms with Crippen molar-refractivity contribution in [3.05, 3.63) is 182 Å². The minimum atomic E-state index is -0.446. The summed E-state index contributed by atoms with van der Waals surface area (Å²) in [6, 6.07) is 64.7. The molecule has 0 saturated carbocycles. The Balaban J connectivity index is 0.000000264. The van der Waals surface area contributed by atoms with Crippen LogP contribution in [0.25, 0.3) is 0 Å². The van der Waals surface area contributed by atoms with Crippen molar-refractivity contribution in [1.82, 2.24) is 0 Å². The van der Waals surface area contributed by atoms with Crippen LogP contribution in [-0.4, -0.2) is 13.6 Å². The molecule has 6 aromatic rings. The maximum absolute atomic E-state index is 7.50. The maximum Gasteiger partial charge on any atom is 0.281 e. The number of benzene rings is 6. The van der Waals surface area contributed by atoms with Gasteiger partial charge in [-0.2, -0.15) is 0 Å². The van der Waals surface area contributed by atoms with Crippen LogP contribution in [-0.2, 0) is 30.0 Å². The van der Waals surface area contributed by atoms with Gasteiger partial charge in [0.1, 0.15) is 0 Å². The van der Waals surface area contributed by atoms with E-state index in [1.165, 1.54) is 31.8 Å². The number of rotatable bonds is 6. The third-order valence-corrected chi connectivity index (χ3v) is 11.0. The smallest absolute Gasteiger partial charge is 0.281 e. The molecule has 0 atom stereocenters. The fourth-order valence-electron chi connectivity index (χ4n) is 4.36. The first-order chi connectivity index (χ1) is 20.9. The van der Waals surface area contributed by atoms with Crippen molar-refractivity contribution >= 4 is 61.2 Å². The molecular formula is C38H30O2P2Pd. The van der Waals surface area contributed by atoms with Gasteiger partial charge in [-0.05, 0) is 47.7 Å². The topological polar surface area (TPSA) is 34.1 Å². The van der Waals surface area contributed by atoms with E-state index < -0.39 is 15.8 Å². The maximum atomic E-state index is 7.50. The minimum Gasteiger partial charge on any atom is -0.281 e. The van der Waals surface area contributed by atoms with E-state index in [0.717, 1.165) is 0 Å². The van der Waals surface area contributed by atoms with E-state index in [2.05, 4.69) is 196 Å². The predicted molar refractivity (Wildman–Crippen MR) is 182 cm³/mol. The van der Waals surface area contributed by atoms with Gasteiger partial charge in [-0.25, -0.2) is 0 Å². The molecule has 0 aliphatic carbocycles. The molecule has 0 saturated heterocycles. The summed E-state index contributed by atoms with van der Waals surface area (Å²) in [4.78, 5) is 15.0. The molecule has 0 aliphatic heterocycles. The zero-order chi connectivity index (χ0) is 29.8. The van der Waals surface area contributed by atoms with Gasteiger partial charge in [0.2, 0.25) is 0 Å². The van der Waals surface area contributed by atoms with Gasteiger partial charge in [-0.3, -0.25) is 9.59 Å². The van der Waals surface area contributed by atoms with E-state index in [4.69, 9.17) is 9.59 Å². The van der Waals surface area contributed by atoms with Crippen molar-refractivity contribution in [3.63, 3.8) is 0 Å². The molecule has 0 heterocycles. The molecule has 43 heavy (non-hydrogen) atoms. The van der Waals surface area contributed by atoms with Gasteiger partial charge in [0.05, 0.1) is 0 Å². The van der Waals surface area contributed by atoms with E-state index in [9.17, 15) is 0 Å². The first-order valence-electron chi connectivity index (χ1n) is 13.2. The molecular weight excluding hydrogens is 657 g/mol. The summed E-state index contributed by atoms with van der Waals surface area (Å²) in [5.41, 5.74) is 0. The second-order valence-corrected chi connectivity index (χ2v) is 13.1. The summed E-state index contributed by atoms with van der Waals surface area (Å²) in [6.45, 7) is 9.00. The average molecular weight is 687 g/mol. The number of hydrogen-bond donors (Lipinski definition) is 0. The molecule has 0 spiro atoms. The Morgan fingerprint density at radius 2 is 0.372 bits per heavy atom. The Labute approximate surface area is 272 Å². The third-order valence-electron chi connectivity index (χ3n) is 6.09. The molecule has 0 bridgehead atoms. The molecule has 6 rings (SSSR count). The van der Waals surface area contributed by atoms with Crippen molar-refractivity contribution in [2.75, 3.05) is 0 Å². The molecule has 0 aliphatic rings. The van der Waals surface area contributed by atoms with Crippen molar-refractivity contribution < 1.29 is 30.0 Å². The first-order valence-corrected chi connectivity index (χ1v) is 15.9. The van der Waals surface area contributed by atoms with E-state index >= 15 is 0 Å². The molecule has 0 fully saturated rings. The van der Waals surface area contributed by atoms with E-state index in [0.29, 0.717) is 0 Å². The van der Waals surface area contributed by atoms with Crippen LogP contribution in [0.4, 0.5) is 0 Å². The third kappa shape index (κ3) is 10.8. The average Bonchev–Trinajstić information content (AvgIpc) is 3.10. The quantitative estimate of drug-likeness (QED) is 0.157. The van der Waals surface area contributed by atoms with Crippen LogP contribution in [0.1, 0.15) is 0 Å². The Kier molecular flexibility index (Phi) is 17.2. The van der Waals surface area contributed by atoms with Gasteiger partial charge in [0.25, 0.3) is 13.6 Å². The molecule has 214 valence electrons. The van der Waals surface area contributed by atoms with E-state index in [1.54, 1.807) is 0 Å². The Bertz CT molecular complexity index is 1220. The standard InChI is InChI=1S/2C18H15P.2CO.Pd/c2*1-4-10-16(11-5-1)19(17-12-6-2-7-13-17)18-14-8-3-9-15-18;2*1-2;/h2*1-15H;;;. The van der Waals surface area contributed by atoms with Gasteiger partial charge >= 0.3 is 0 Å². The fourth-order valence-corrected chi connectivity index (χ4v) is 8.97. The van der Waals surface area contributed by atoms with Crippen molar-refractivity contribution in [2.24, 2.45) is 0 Å². The van der Waals surface area contributed by atoms with Gasteiger partial charge < -0.3 is 0 Å². The predicted octanol–water partition coefficient (Wildman–Crippen LogP) is 6.09. The molecule has 0 aromatic heterocycles. The second kappa shape index (κ2) is 21.0. The summed E-state index contributed by atoms with van der Waals surface area (Å²) in [6.07, 6.45) is 0. The SMILES string of the molecule is [C]=O.[C]=O.[Pd].c1ccc(P(c2ccccc2)c2ccccc2)cc1.c1ccc(P(c2ccccc2)c2ccccc2)cc1. The largest absolute Gasteiger partial charge is 0.281 e. The Morgan fingerprint density at radius 3 is 0.488 bits per heavy atom. The van der Waals surface area contributed by atoms with Gasteiger partial charge in [-0.1, -0.05) is 182 Å². The van der Waals surface area contributed by atoms with E-state index in [1.807, 2.05) is 0 Å². The van der Waals surface area contributed by atoms with Crippen LogP contribution >= 0.6 is 15.8 Å². The van der Waals surface area contributed by atoms with Gasteiger partial charge in [-0.15, -0.1) is 0 Å². The molecule has 5 heteroatoms. The molecule has 6 aromatic carbocycles.